The summed E-state index contributed by atoms with van der Waals surface area (Å²) in [5.74, 6) is 1.10. The molecular formula is C21H17N3O3S. The van der Waals surface area contributed by atoms with Crippen LogP contribution in [0.2, 0.25) is 0 Å². The molecule has 0 spiro atoms. The van der Waals surface area contributed by atoms with Crippen LogP contribution < -0.4 is 14.4 Å². The predicted octanol–water partition coefficient (Wildman–Crippen LogP) is 4.11. The van der Waals surface area contributed by atoms with Crippen LogP contribution >= 0.6 is 11.8 Å². The third-order valence-corrected chi connectivity index (χ3v) is 5.23. The van der Waals surface area contributed by atoms with E-state index in [9.17, 15) is 10.1 Å². The molecule has 1 unspecified atom stereocenters. The van der Waals surface area contributed by atoms with Gasteiger partial charge in [0.1, 0.15) is 5.70 Å². The highest BCUT2D eigenvalue weighted by Crippen LogP contribution is 2.35. The Bertz CT molecular complexity index is 1040. The molecule has 0 saturated heterocycles. The summed E-state index contributed by atoms with van der Waals surface area (Å²) >= 11 is 1.26. The van der Waals surface area contributed by atoms with Crippen molar-refractivity contribution in [1.82, 2.24) is 0 Å². The van der Waals surface area contributed by atoms with Crippen molar-refractivity contribution in [2.75, 3.05) is 11.7 Å². The Labute approximate surface area is 167 Å². The molecule has 0 fully saturated rings. The zero-order chi connectivity index (χ0) is 19.7. The molecule has 2 aliphatic heterocycles. The Morgan fingerprint density at radius 2 is 1.96 bits per heavy atom. The van der Waals surface area contributed by atoms with Gasteiger partial charge in [-0.15, -0.1) is 0 Å². The fourth-order valence-corrected chi connectivity index (χ4v) is 3.66. The minimum Gasteiger partial charge on any atom is -0.454 e. The largest absolute Gasteiger partial charge is 0.454 e. The SMILES string of the molecule is Cc1ccc(N2C(=O)/C(=C/c3ccc4c(c3)OCO4)N=C2SC(C)C#N)cc1. The molecule has 2 aromatic rings. The number of hydrogen-bond donors (Lipinski definition) is 0. The second-order valence-electron chi connectivity index (χ2n) is 6.40. The quantitative estimate of drug-likeness (QED) is 0.736. The van der Waals surface area contributed by atoms with Crippen LogP contribution in [0.25, 0.3) is 6.08 Å². The van der Waals surface area contributed by atoms with E-state index in [0.29, 0.717) is 22.4 Å². The smallest absolute Gasteiger partial charge is 0.283 e. The van der Waals surface area contributed by atoms with Crippen LogP contribution in [-0.2, 0) is 4.79 Å². The van der Waals surface area contributed by atoms with Crippen molar-refractivity contribution in [2.45, 2.75) is 19.1 Å². The van der Waals surface area contributed by atoms with Crippen molar-refractivity contribution in [3.63, 3.8) is 0 Å². The first-order valence-corrected chi connectivity index (χ1v) is 9.60. The highest BCUT2D eigenvalue weighted by Gasteiger charge is 2.33. The molecule has 2 heterocycles. The molecule has 0 radical (unpaired) electrons. The lowest BCUT2D eigenvalue weighted by Gasteiger charge is -2.18. The predicted molar refractivity (Wildman–Crippen MR) is 109 cm³/mol. The topological polar surface area (TPSA) is 74.9 Å². The number of amidine groups is 1. The second-order valence-corrected chi connectivity index (χ2v) is 7.71. The number of amides is 1. The first kappa shape index (κ1) is 18.1. The molecule has 0 bridgehead atoms. The van der Waals surface area contributed by atoms with Crippen LogP contribution in [-0.4, -0.2) is 23.1 Å². The lowest BCUT2D eigenvalue weighted by atomic mass is 10.1. The molecule has 0 saturated carbocycles. The van der Waals surface area contributed by atoms with Crippen molar-refractivity contribution < 1.29 is 14.3 Å². The number of nitriles is 1. The van der Waals surface area contributed by atoms with Gasteiger partial charge in [0.05, 0.1) is 17.0 Å². The van der Waals surface area contributed by atoms with E-state index in [1.807, 2.05) is 49.4 Å². The highest BCUT2D eigenvalue weighted by molar-refractivity contribution is 8.15. The second kappa shape index (κ2) is 7.41. The summed E-state index contributed by atoms with van der Waals surface area (Å²) in [6.07, 6.45) is 1.72. The zero-order valence-corrected chi connectivity index (χ0v) is 16.2. The minimum absolute atomic E-state index is 0.195. The van der Waals surface area contributed by atoms with Gasteiger partial charge in [0.25, 0.3) is 5.91 Å². The molecule has 6 nitrogen and oxygen atoms in total. The Balaban J connectivity index is 1.70. The number of rotatable bonds is 3. The molecule has 140 valence electrons. The van der Waals surface area contributed by atoms with Gasteiger partial charge in [0.2, 0.25) is 6.79 Å². The van der Waals surface area contributed by atoms with Gasteiger partial charge in [-0.2, -0.15) is 5.26 Å². The highest BCUT2D eigenvalue weighted by atomic mass is 32.2. The monoisotopic (exact) mass is 391 g/mol. The fraction of sp³-hybridized carbons (Fsp3) is 0.190. The molecule has 1 amide bonds. The van der Waals surface area contributed by atoms with Crippen LogP contribution in [0.1, 0.15) is 18.1 Å². The lowest BCUT2D eigenvalue weighted by Crippen LogP contribution is -2.31. The maximum atomic E-state index is 13.1. The molecule has 7 heteroatoms. The Morgan fingerprint density at radius 1 is 1.21 bits per heavy atom. The summed E-state index contributed by atoms with van der Waals surface area (Å²) in [7, 11) is 0. The van der Waals surface area contributed by atoms with E-state index in [1.165, 1.54) is 11.8 Å². The van der Waals surface area contributed by atoms with Gasteiger partial charge in [-0.05, 0) is 49.8 Å². The first-order chi connectivity index (χ1) is 13.5. The molecule has 0 aliphatic carbocycles. The van der Waals surface area contributed by atoms with Crippen LogP contribution in [0.3, 0.4) is 0 Å². The van der Waals surface area contributed by atoms with Crippen molar-refractivity contribution in [3.05, 3.63) is 59.3 Å². The van der Waals surface area contributed by atoms with E-state index >= 15 is 0 Å². The number of anilines is 1. The zero-order valence-electron chi connectivity index (χ0n) is 15.4. The van der Waals surface area contributed by atoms with Gasteiger partial charge in [-0.3, -0.25) is 9.69 Å². The lowest BCUT2D eigenvalue weighted by molar-refractivity contribution is -0.113. The van der Waals surface area contributed by atoms with Crippen molar-refractivity contribution in [2.24, 2.45) is 4.99 Å². The summed E-state index contributed by atoms with van der Waals surface area (Å²) in [6.45, 7) is 3.97. The maximum absolute atomic E-state index is 13.1. The summed E-state index contributed by atoms with van der Waals surface area (Å²) in [5.41, 5.74) is 2.93. The van der Waals surface area contributed by atoms with Gasteiger partial charge >= 0.3 is 0 Å². The Hall–Kier alpha value is -3.24. The molecule has 1 atom stereocenters. The van der Waals surface area contributed by atoms with Crippen LogP contribution in [0, 0.1) is 18.3 Å². The van der Waals surface area contributed by atoms with Crippen LogP contribution in [0.4, 0.5) is 5.69 Å². The molecule has 0 aromatic heterocycles. The molecular weight excluding hydrogens is 374 g/mol. The number of benzene rings is 2. The average molecular weight is 391 g/mol. The number of fused-ring (bicyclic) bond motifs is 1. The van der Waals surface area contributed by atoms with Gasteiger partial charge in [0.15, 0.2) is 16.7 Å². The van der Waals surface area contributed by atoms with Gasteiger partial charge < -0.3 is 9.47 Å². The van der Waals surface area contributed by atoms with Crippen LogP contribution in [0.15, 0.2) is 53.2 Å². The molecule has 28 heavy (non-hydrogen) atoms. The number of nitrogens with zero attached hydrogens (tertiary/aromatic N) is 3. The third kappa shape index (κ3) is 3.47. The number of ether oxygens (including phenoxy) is 2. The third-order valence-electron chi connectivity index (χ3n) is 4.29. The van der Waals surface area contributed by atoms with Crippen molar-refractivity contribution in [1.29, 1.82) is 5.26 Å². The average Bonchev–Trinajstić information content (AvgIpc) is 3.27. The summed E-state index contributed by atoms with van der Waals surface area (Å²) in [4.78, 5) is 19.2. The number of aryl methyl sites for hydroxylation is 1. The van der Waals surface area contributed by atoms with E-state index in [4.69, 9.17) is 9.47 Å². The number of aliphatic imine (C=N–C) groups is 1. The van der Waals surface area contributed by atoms with Gasteiger partial charge in [0, 0.05) is 0 Å². The molecule has 4 rings (SSSR count). The van der Waals surface area contributed by atoms with E-state index < -0.39 is 0 Å². The van der Waals surface area contributed by atoms with Gasteiger partial charge in [-0.25, -0.2) is 4.99 Å². The molecule has 2 aromatic carbocycles. The molecule has 0 N–H and O–H groups in total. The standard InChI is InChI=1S/C21H17N3O3S/c1-13-3-6-16(7-4-13)24-20(25)17(23-21(24)28-14(2)11-22)9-15-5-8-18-19(10-15)27-12-26-18/h3-10,14H,12H2,1-2H3/b17-9-. The first-order valence-electron chi connectivity index (χ1n) is 8.72. The van der Waals surface area contributed by atoms with E-state index in [0.717, 1.165) is 16.8 Å². The number of thioether (sulfide) groups is 1. The Morgan fingerprint density at radius 3 is 2.71 bits per heavy atom. The number of carbonyl (C=O) groups is 1. The minimum atomic E-state index is -0.329. The van der Waals surface area contributed by atoms with E-state index in [2.05, 4.69) is 11.1 Å². The summed E-state index contributed by atoms with van der Waals surface area (Å²) < 4.78 is 10.7. The fourth-order valence-electron chi connectivity index (χ4n) is 2.84. The maximum Gasteiger partial charge on any atom is 0.283 e. The van der Waals surface area contributed by atoms with E-state index in [-0.39, 0.29) is 18.0 Å². The Kier molecular flexibility index (Phi) is 4.80. The van der Waals surface area contributed by atoms with E-state index in [1.54, 1.807) is 17.9 Å². The normalized spacial score (nSPS) is 17.6. The molecule has 2 aliphatic rings. The van der Waals surface area contributed by atoms with Crippen LogP contribution in [0.5, 0.6) is 11.5 Å². The summed E-state index contributed by atoms with van der Waals surface area (Å²) in [5, 5.41) is 9.34. The van der Waals surface area contributed by atoms with Crippen molar-refractivity contribution in [3.8, 4) is 17.6 Å². The number of hydrogen-bond acceptors (Lipinski definition) is 6. The summed E-state index contributed by atoms with van der Waals surface area (Å²) in [6, 6.07) is 15.3. The van der Waals surface area contributed by atoms with Gasteiger partial charge in [-0.1, -0.05) is 35.5 Å². The number of carbonyl (C=O) groups excluding carboxylic acids is 1. The van der Waals surface area contributed by atoms with Crippen molar-refractivity contribution >= 4 is 34.6 Å².